The van der Waals surface area contributed by atoms with Gasteiger partial charge in [-0.1, -0.05) is 58.2 Å². The number of phenols is 1. The standard InChI is InChI=1S/C27H35N3O6.C7H16/c1-19-7-13-24(32)23(16-19)30-29-21-11-8-20(9-12-21)10-14-25(33)28-15-5-6-22(31)17-35-18-26(34)36-27(2,3)4;1-4-7(5-2)6-3/h7-9,11-13,16,32H,5-6,10,14-15,17-18H2,1-4H3,(H,28,33);7H,4-6H2,1-3H3. The number of aryl methyl sites for hydroxylation is 2. The summed E-state index contributed by atoms with van der Waals surface area (Å²) in [7, 11) is 0. The number of amides is 1. The Morgan fingerprint density at radius 2 is 1.56 bits per heavy atom. The number of benzene rings is 2. The van der Waals surface area contributed by atoms with Crippen LogP contribution in [0.2, 0.25) is 0 Å². The molecule has 0 aromatic heterocycles. The molecule has 0 radical (unpaired) electrons. The van der Waals surface area contributed by atoms with Crippen LogP contribution >= 0.6 is 0 Å². The van der Waals surface area contributed by atoms with Gasteiger partial charge in [-0.2, -0.15) is 5.11 Å². The molecule has 43 heavy (non-hydrogen) atoms. The highest BCUT2D eigenvalue weighted by Gasteiger charge is 2.16. The van der Waals surface area contributed by atoms with E-state index in [-0.39, 0.29) is 37.1 Å². The highest BCUT2D eigenvalue weighted by Crippen LogP contribution is 2.29. The van der Waals surface area contributed by atoms with Crippen molar-refractivity contribution in [3.05, 3.63) is 53.6 Å². The molecule has 0 atom stereocenters. The number of rotatable bonds is 16. The van der Waals surface area contributed by atoms with E-state index in [1.165, 1.54) is 19.3 Å². The minimum absolute atomic E-state index is 0.0721. The van der Waals surface area contributed by atoms with E-state index in [1.807, 2.05) is 19.1 Å². The van der Waals surface area contributed by atoms with Gasteiger partial charge in [-0.25, -0.2) is 4.79 Å². The predicted octanol–water partition coefficient (Wildman–Crippen LogP) is 7.71. The summed E-state index contributed by atoms with van der Waals surface area (Å²) in [4.78, 5) is 35.5. The molecule has 0 saturated carbocycles. The first-order valence-electron chi connectivity index (χ1n) is 15.2. The lowest BCUT2D eigenvalue weighted by atomic mass is 10.0. The fourth-order valence-corrected chi connectivity index (χ4v) is 3.97. The normalized spacial score (nSPS) is 11.3. The second-order valence-corrected chi connectivity index (χ2v) is 11.5. The molecule has 2 aromatic carbocycles. The monoisotopic (exact) mass is 597 g/mol. The van der Waals surface area contributed by atoms with Crippen molar-refractivity contribution in [1.82, 2.24) is 5.32 Å². The number of ketones is 1. The molecule has 0 fully saturated rings. The van der Waals surface area contributed by atoms with Crippen LogP contribution < -0.4 is 5.32 Å². The number of azo groups is 1. The van der Waals surface area contributed by atoms with Gasteiger partial charge in [0.25, 0.3) is 0 Å². The minimum Gasteiger partial charge on any atom is -0.506 e. The summed E-state index contributed by atoms with van der Waals surface area (Å²) in [6.07, 6.45) is 5.71. The Balaban J connectivity index is 0.00000117. The topological polar surface area (TPSA) is 127 Å². The Morgan fingerprint density at radius 1 is 0.907 bits per heavy atom. The number of nitrogens with one attached hydrogen (secondary N) is 1. The number of nitrogens with zero attached hydrogens (tertiary/aromatic N) is 2. The summed E-state index contributed by atoms with van der Waals surface area (Å²) < 4.78 is 10.2. The number of esters is 1. The van der Waals surface area contributed by atoms with Crippen LogP contribution in [0.25, 0.3) is 0 Å². The summed E-state index contributed by atoms with van der Waals surface area (Å²) in [5.41, 5.74) is 2.42. The maximum Gasteiger partial charge on any atom is 0.332 e. The van der Waals surface area contributed by atoms with Crippen LogP contribution in [0, 0.1) is 12.8 Å². The highest BCUT2D eigenvalue weighted by atomic mass is 16.6. The number of phenolic OH excluding ortho intramolecular Hbond substituents is 1. The molecule has 2 rings (SSSR count). The number of hydrogen-bond acceptors (Lipinski definition) is 8. The van der Waals surface area contributed by atoms with Gasteiger partial charge in [0.1, 0.15) is 30.3 Å². The van der Waals surface area contributed by atoms with Gasteiger partial charge in [-0.3, -0.25) is 9.59 Å². The van der Waals surface area contributed by atoms with Crippen molar-refractivity contribution in [2.75, 3.05) is 19.8 Å². The molecular weight excluding hydrogens is 546 g/mol. The van der Waals surface area contributed by atoms with E-state index in [9.17, 15) is 19.5 Å². The molecule has 0 aliphatic rings. The second kappa shape index (κ2) is 20.3. The molecule has 238 valence electrons. The van der Waals surface area contributed by atoms with Crippen LogP contribution in [0.1, 0.15) is 91.2 Å². The molecule has 2 N–H and O–H groups in total. The Kier molecular flexibility index (Phi) is 17.7. The molecule has 0 unspecified atom stereocenters. The molecule has 9 nitrogen and oxygen atoms in total. The summed E-state index contributed by atoms with van der Waals surface area (Å²) in [5, 5.41) is 20.9. The number of carbonyl (C=O) groups is 3. The van der Waals surface area contributed by atoms with Crippen molar-refractivity contribution in [2.45, 2.75) is 99.0 Å². The molecule has 1 amide bonds. The van der Waals surface area contributed by atoms with Gasteiger partial charge in [0.2, 0.25) is 5.91 Å². The van der Waals surface area contributed by atoms with E-state index in [4.69, 9.17) is 9.47 Å². The smallest absolute Gasteiger partial charge is 0.332 e. The van der Waals surface area contributed by atoms with Gasteiger partial charge >= 0.3 is 5.97 Å². The first-order chi connectivity index (χ1) is 20.4. The van der Waals surface area contributed by atoms with E-state index in [0.717, 1.165) is 17.0 Å². The molecular formula is C34H51N3O6. The number of aromatic hydroxyl groups is 1. The van der Waals surface area contributed by atoms with Crippen LogP contribution in [-0.4, -0.2) is 48.1 Å². The molecule has 9 heteroatoms. The van der Waals surface area contributed by atoms with Gasteiger partial charge in [-0.15, -0.1) is 5.11 Å². The van der Waals surface area contributed by atoms with E-state index in [0.29, 0.717) is 37.2 Å². The number of ether oxygens (including phenoxy) is 2. The van der Waals surface area contributed by atoms with Crippen molar-refractivity contribution in [3.8, 4) is 5.75 Å². The van der Waals surface area contributed by atoms with Crippen molar-refractivity contribution >= 4 is 29.0 Å². The first kappa shape index (κ1) is 37.4. The van der Waals surface area contributed by atoms with Crippen molar-refractivity contribution < 1.29 is 29.0 Å². The van der Waals surface area contributed by atoms with Gasteiger partial charge in [0.05, 0.1) is 5.69 Å². The Hall–Kier alpha value is -3.59. The molecule has 0 aliphatic heterocycles. The maximum atomic E-state index is 12.1. The Bertz CT molecular complexity index is 1150. The van der Waals surface area contributed by atoms with Crippen LogP contribution in [-0.2, 0) is 30.3 Å². The summed E-state index contributed by atoms with van der Waals surface area (Å²) in [5.74, 6) is 0.317. The molecule has 0 bridgehead atoms. The largest absolute Gasteiger partial charge is 0.506 e. The van der Waals surface area contributed by atoms with E-state index in [1.54, 1.807) is 51.1 Å². The predicted molar refractivity (Wildman–Crippen MR) is 170 cm³/mol. The SMILES string of the molecule is CCC(CC)CC.Cc1ccc(O)c(N=Nc2ccc(CCC(=O)NCCCC(=O)COCC(=O)OC(C)(C)C)cc2)c1. The van der Waals surface area contributed by atoms with E-state index >= 15 is 0 Å². The van der Waals surface area contributed by atoms with Crippen molar-refractivity contribution in [3.63, 3.8) is 0 Å². The van der Waals surface area contributed by atoms with Crippen LogP contribution in [0.3, 0.4) is 0 Å². The van der Waals surface area contributed by atoms with Crippen LogP contribution in [0.4, 0.5) is 11.4 Å². The average molecular weight is 598 g/mol. The number of hydrogen-bond donors (Lipinski definition) is 2. The van der Waals surface area contributed by atoms with E-state index in [2.05, 4.69) is 36.3 Å². The molecule has 2 aromatic rings. The van der Waals surface area contributed by atoms with Gasteiger partial charge < -0.3 is 19.9 Å². The second-order valence-electron chi connectivity index (χ2n) is 11.5. The van der Waals surface area contributed by atoms with E-state index < -0.39 is 11.6 Å². The molecule has 0 spiro atoms. The summed E-state index contributed by atoms with van der Waals surface area (Å²) in [6.45, 7) is 13.9. The average Bonchev–Trinajstić information content (AvgIpc) is 2.95. The number of carbonyl (C=O) groups excluding carboxylic acids is 3. The third-order valence-corrected chi connectivity index (χ3v) is 6.57. The zero-order valence-electron chi connectivity index (χ0n) is 27.1. The number of Topliss-reactive ketones (excluding diaryl/α,β-unsaturated/α-hetero) is 1. The zero-order chi connectivity index (χ0) is 32.3. The summed E-state index contributed by atoms with van der Waals surface area (Å²) in [6, 6.07) is 12.5. The first-order valence-corrected chi connectivity index (χ1v) is 15.2. The molecule has 0 saturated heterocycles. The minimum atomic E-state index is -0.592. The Labute approximate surface area is 257 Å². The third kappa shape index (κ3) is 17.9. The quantitative estimate of drug-likeness (QED) is 0.116. The molecule has 0 aliphatic carbocycles. The fraction of sp³-hybridized carbons (Fsp3) is 0.559. The molecule has 0 heterocycles. The third-order valence-electron chi connectivity index (χ3n) is 6.57. The zero-order valence-corrected chi connectivity index (χ0v) is 27.1. The lowest BCUT2D eigenvalue weighted by molar-refractivity contribution is -0.160. The van der Waals surface area contributed by atoms with Crippen LogP contribution in [0.15, 0.2) is 52.7 Å². The van der Waals surface area contributed by atoms with Crippen LogP contribution in [0.5, 0.6) is 5.75 Å². The van der Waals surface area contributed by atoms with Gasteiger partial charge in [-0.05, 0) is 81.8 Å². The van der Waals surface area contributed by atoms with Crippen molar-refractivity contribution in [1.29, 1.82) is 0 Å². The lowest BCUT2D eigenvalue weighted by Crippen LogP contribution is -2.27. The lowest BCUT2D eigenvalue weighted by Gasteiger charge is -2.19. The van der Waals surface area contributed by atoms with Gasteiger partial charge in [0.15, 0.2) is 5.78 Å². The van der Waals surface area contributed by atoms with Crippen molar-refractivity contribution in [2.24, 2.45) is 16.1 Å². The maximum absolute atomic E-state index is 12.1. The highest BCUT2D eigenvalue weighted by molar-refractivity contribution is 5.80. The van der Waals surface area contributed by atoms with Gasteiger partial charge in [0, 0.05) is 19.4 Å². The fourth-order valence-electron chi connectivity index (χ4n) is 3.97. The summed E-state index contributed by atoms with van der Waals surface area (Å²) >= 11 is 0. The Morgan fingerprint density at radius 3 is 2.14 bits per heavy atom.